The number of nitrogens with one attached hydrogen (secondary N) is 1. The SMILES string of the molecule is Cc1ccc2cccc(S(=O)NC(=O)c3cc4c(F)cc(N5CCC5C(F)F)cc4o3)c2n1. The van der Waals surface area contributed by atoms with E-state index in [-0.39, 0.29) is 22.4 Å². The molecule has 10 heteroatoms. The maximum Gasteiger partial charge on any atom is 0.298 e. The number of furan rings is 1. The molecule has 0 radical (unpaired) electrons. The van der Waals surface area contributed by atoms with E-state index in [1.807, 2.05) is 18.2 Å². The van der Waals surface area contributed by atoms with Gasteiger partial charge in [-0.15, -0.1) is 0 Å². The lowest BCUT2D eigenvalue weighted by molar-refractivity contribution is 0.0876. The lowest BCUT2D eigenvalue weighted by atomic mass is 10.0. The zero-order valence-corrected chi connectivity index (χ0v) is 18.2. The molecule has 0 bridgehead atoms. The van der Waals surface area contributed by atoms with Crippen molar-refractivity contribution in [2.45, 2.75) is 30.7 Å². The topological polar surface area (TPSA) is 75.4 Å². The molecule has 2 aromatic heterocycles. The van der Waals surface area contributed by atoms with Crippen molar-refractivity contribution in [1.82, 2.24) is 9.71 Å². The Morgan fingerprint density at radius 2 is 2.06 bits per heavy atom. The van der Waals surface area contributed by atoms with Crippen LogP contribution in [0.4, 0.5) is 18.9 Å². The third-order valence-electron chi connectivity index (χ3n) is 5.69. The first-order valence-electron chi connectivity index (χ1n) is 10.2. The fourth-order valence-electron chi connectivity index (χ4n) is 3.91. The van der Waals surface area contributed by atoms with E-state index in [0.29, 0.717) is 23.4 Å². The van der Waals surface area contributed by atoms with Crippen LogP contribution < -0.4 is 9.62 Å². The van der Waals surface area contributed by atoms with Crippen LogP contribution in [0, 0.1) is 12.7 Å². The number of halogens is 3. The number of carbonyl (C=O) groups excluding carboxylic acids is 1. The fourth-order valence-corrected chi connectivity index (χ4v) is 4.83. The van der Waals surface area contributed by atoms with E-state index in [0.717, 1.165) is 17.1 Å². The molecule has 0 saturated carbocycles. The number of aromatic nitrogens is 1. The highest BCUT2D eigenvalue weighted by molar-refractivity contribution is 7.84. The first kappa shape index (κ1) is 21.4. The lowest BCUT2D eigenvalue weighted by Crippen LogP contribution is -2.52. The zero-order chi connectivity index (χ0) is 23.3. The number of anilines is 1. The summed E-state index contributed by atoms with van der Waals surface area (Å²) >= 11 is 0. The van der Waals surface area contributed by atoms with Gasteiger partial charge in [0.2, 0.25) is 0 Å². The van der Waals surface area contributed by atoms with E-state index < -0.39 is 35.2 Å². The molecule has 2 aromatic carbocycles. The van der Waals surface area contributed by atoms with Gasteiger partial charge in [-0.1, -0.05) is 18.2 Å². The van der Waals surface area contributed by atoms with E-state index >= 15 is 0 Å². The Hall–Kier alpha value is -3.40. The van der Waals surface area contributed by atoms with E-state index in [2.05, 4.69) is 9.71 Å². The van der Waals surface area contributed by atoms with Crippen molar-refractivity contribution < 1.29 is 26.6 Å². The molecule has 3 heterocycles. The molecule has 1 amide bonds. The molecule has 6 nitrogen and oxygen atoms in total. The standard InChI is InChI=1S/C23H18F3N3O3S/c1-12-5-6-13-3-2-4-20(21(13)27-12)33(31)28-23(30)19-11-15-16(24)9-14(10-18(15)32-19)29-8-7-17(29)22(25)26/h2-6,9-11,17,22H,7-8H2,1H3,(H,28,30). The minimum Gasteiger partial charge on any atom is -0.451 e. The minimum atomic E-state index is -2.54. The molecule has 1 N–H and O–H groups in total. The number of carbonyl (C=O) groups is 1. The van der Waals surface area contributed by atoms with Crippen LogP contribution in [0.1, 0.15) is 22.7 Å². The van der Waals surface area contributed by atoms with Gasteiger partial charge >= 0.3 is 0 Å². The van der Waals surface area contributed by atoms with Gasteiger partial charge in [0, 0.05) is 35.4 Å². The summed E-state index contributed by atoms with van der Waals surface area (Å²) in [6, 6.07) is 11.6. The largest absolute Gasteiger partial charge is 0.451 e. The molecule has 170 valence electrons. The Bertz CT molecular complexity index is 1420. The Labute approximate surface area is 189 Å². The van der Waals surface area contributed by atoms with Gasteiger partial charge in [0.25, 0.3) is 12.3 Å². The van der Waals surface area contributed by atoms with Crippen molar-refractivity contribution in [2.75, 3.05) is 11.4 Å². The highest BCUT2D eigenvalue weighted by Gasteiger charge is 2.36. The second kappa shape index (κ2) is 8.18. The van der Waals surface area contributed by atoms with Crippen LogP contribution in [0.5, 0.6) is 0 Å². The molecule has 2 unspecified atom stereocenters. The summed E-state index contributed by atoms with van der Waals surface area (Å²) in [6.45, 7) is 2.18. The van der Waals surface area contributed by atoms with Gasteiger partial charge in [0.1, 0.15) is 11.4 Å². The summed E-state index contributed by atoms with van der Waals surface area (Å²) in [5, 5.41) is 0.804. The van der Waals surface area contributed by atoms with Gasteiger partial charge in [-0.05, 0) is 31.5 Å². The number of alkyl halides is 2. The Balaban J connectivity index is 1.42. The number of fused-ring (bicyclic) bond motifs is 2. The lowest BCUT2D eigenvalue weighted by Gasteiger charge is -2.42. The number of benzene rings is 2. The number of pyridine rings is 1. The van der Waals surface area contributed by atoms with Crippen molar-refractivity contribution in [3.63, 3.8) is 0 Å². The summed E-state index contributed by atoms with van der Waals surface area (Å²) in [6.07, 6.45) is -2.23. The van der Waals surface area contributed by atoms with Crippen LogP contribution in [0.25, 0.3) is 21.9 Å². The van der Waals surface area contributed by atoms with Crippen molar-refractivity contribution in [2.24, 2.45) is 0 Å². The number of amides is 1. The third-order valence-corrected chi connectivity index (χ3v) is 6.79. The summed E-state index contributed by atoms with van der Waals surface area (Å²) in [5.74, 6) is -1.74. The Morgan fingerprint density at radius 3 is 2.79 bits per heavy atom. The van der Waals surface area contributed by atoms with Gasteiger partial charge in [-0.3, -0.25) is 14.5 Å². The van der Waals surface area contributed by atoms with Gasteiger partial charge in [0.15, 0.2) is 16.7 Å². The average molecular weight is 473 g/mol. The zero-order valence-electron chi connectivity index (χ0n) is 17.3. The normalized spacial score (nSPS) is 16.9. The van der Waals surface area contributed by atoms with E-state index in [4.69, 9.17) is 4.42 Å². The number of aryl methyl sites for hydroxylation is 1. The predicted molar refractivity (Wildman–Crippen MR) is 118 cm³/mol. The highest BCUT2D eigenvalue weighted by Crippen LogP contribution is 2.34. The van der Waals surface area contributed by atoms with Gasteiger partial charge in [-0.25, -0.2) is 17.4 Å². The van der Waals surface area contributed by atoms with Crippen LogP contribution in [0.15, 0.2) is 57.8 Å². The maximum absolute atomic E-state index is 14.6. The van der Waals surface area contributed by atoms with Crippen LogP contribution >= 0.6 is 0 Å². The molecule has 1 fully saturated rings. The van der Waals surface area contributed by atoms with Crippen molar-refractivity contribution in [1.29, 1.82) is 0 Å². The van der Waals surface area contributed by atoms with Crippen LogP contribution in [-0.2, 0) is 11.0 Å². The monoisotopic (exact) mass is 473 g/mol. The molecule has 0 aliphatic carbocycles. The summed E-state index contributed by atoms with van der Waals surface area (Å²) in [4.78, 5) is 18.8. The van der Waals surface area contributed by atoms with Crippen molar-refractivity contribution in [3.05, 3.63) is 65.8 Å². The summed E-state index contributed by atoms with van der Waals surface area (Å²) in [5.41, 5.74) is 1.54. The molecule has 5 rings (SSSR count). The van der Waals surface area contributed by atoms with E-state index in [1.165, 1.54) is 17.0 Å². The van der Waals surface area contributed by atoms with Gasteiger partial charge in [0.05, 0.1) is 21.8 Å². The molecule has 4 aromatic rings. The van der Waals surface area contributed by atoms with Crippen molar-refractivity contribution in [3.8, 4) is 0 Å². The quantitative estimate of drug-likeness (QED) is 0.454. The molecule has 0 spiro atoms. The molecule has 33 heavy (non-hydrogen) atoms. The van der Waals surface area contributed by atoms with Gasteiger partial charge < -0.3 is 9.32 Å². The minimum absolute atomic E-state index is 0.0336. The molecular formula is C23H18F3N3O3S. The third kappa shape index (κ3) is 3.84. The van der Waals surface area contributed by atoms with E-state index in [9.17, 15) is 22.2 Å². The number of hydrogen-bond donors (Lipinski definition) is 1. The van der Waals surface area contributed by atoms with E-state index in [1.54, 1.807) is 19.1 Å². The Kier molecular flexibility index (Phi) is 5.32. The van der Waals surface area contributed by atoms with Crippen LogP contribution in [0.3, 0.4) is 0 Å². The highest BCUT2D eigenvalue weighted by atomic mass is 32.2. The summed E-state index contributed by atoms with van der Waals surface area (Å²) in [7, 11) is -1.95. The van der Waals surface area contributed by atoms with Crippen molar-refractivity contribution >= 4 is 44.5 Å². The van der Waals surface area contributed by atoms with Crippen LogP contribution in [-0.4, -0.2) is 34.1 Å². The Morgan fingerprint density at radius 1 is 1.24 bits per heavy atom. The molecule has 1 saturated heterocycles. The van der Waals surface area contributed by atoms with Crippen LogP contribution in [0.2, 0.25) is 0 Å². The molecular weight excluding hydrogens is 455 g/mol. The average Bonchev–Trinajstić information content (AvgIpc) is 3.17. The smallest absolute Gasteiger partial charge is 0.298 e. The summed E-state index contributed by atoms with van der Waals surface area (Å²) < 4.78 is 61.5. The number of rotatable bonds is 5. The first-order valence-corrected chi connectivity index (χ1v) is 11.3. The van der Waals surface area contributed by atoms with Gasteiger partial charge in [-0.2, -0.15) is 0 Å². The second-order valence-electron chi connectivity index (χ2n) is 7.81. The second-order valence-corrected chi connectivity index (χ2v) is 9.00. The number of nitrogens with zero attached hydrogens (tertiary/aromatic N) is 2. The predicted octanol–water partition coefficient (Wildman–Crippen LogP) is 4.72. The number of para-hydroxylation sites is 1. The number of hydrogen-bond acceptors (Lipinski definition) is 5. The fraction of sp³-hybridized carbons (Fsp3) is 0.217. The molecule has 1 aliphatic heterocycles. The molecule has 1 aliphatic rings. The first-order chi connectivity index (χ1) is 15.8. The molecule has 2 atom stereocenters. The maximum atomic E-state index is 14.6.